The summed E-state index contributed by atoms with van der Waals surface area (Å²) in [5.74, 6) is 0.324. The predicted molar refractivity (Wildman–Crippen MR) is 87.6 cm³/mol. The van der Waals surface area contributed by atoms with Gasteiger partial charge >= 0.3 is 0 Å². The second-order valence-electron chi connectivity index (χ2n) is 6.05. The van der Waals surface area contributed by atoms with Crippen molar-refractivity contribution >= 4 is 11.6 Å². The van der Waals surface area contributed by atoms with Gasteiger partial charge in [-0.2, -0.15) is 0 Å². The smallest absolute Gasteiger partial charge is 0.249 e. The van der Waals surface area contributed by atoms with Crippen LogP contribution in [0, 0.1) is 12.8 Å². The van der Waals surface area contributed by atoms with Crippen LogP contribution in [0.25, 0.3) is 0 Å². The van der Waals surface area contributed by atoms with Crippen molar-refractivity contribution in [1.29, 1.82) is 0 Å². The summed E-state index contributed by atoms with van der Waals surface area (Å²) in [6, 6.07) is 6.11. The molecule has 1 amide bonds. The molecule has 1 aliphatic rings. The number of nitrogens with two attached hydrogens (primary N) is 1. The van der Waals surface area contributed by atoms with Crippen LogP contribution in [-0.2, 0) is 0 Å². The fourth-order valence-corrected chi connectivity index (χ4v) is 3.19. The van der Waals surface area contributed by atoms with Gasteiger partial charge in [0.1, 0.15) is 0 Å². The zero-order valence-electron chi connectivity index (χ0n) is 13.4. The molecule has 0 aromatic heterocycles. The van der Waals surface area contributed by atoms with Crippen LogP contribution < -0.4 is 11.1 Å². The highest BCUT2D eigenvalue weighted by atomic mass is 16.1. The maximum absolute atomic E-state index is 11.4. The molecular weight excluding hydrogens is 262 g/mol. The number of carbonyl (C=O) groups excluding carboxylic acids is 1. The molecule has 21 heavy (non-hydrogen) atoms. The average Bonchev–Trinajstić information content (AvgIpc) is 2.49. The fraction of sp³-hybridized carbons (Fsp3) is 0.588. The van der Waals surface area contributed by atoms with E-state index in [2.05, 4.69) is 24.1 Å². The minimum absolute atomic E-state index is 0.361. The lowest BCUT2D eigenvalue weighted by molar-refractivity contribution is 0.1000. The first kappa shape index (κ1) is 15.8. The minimum Gasteiger partial charge on any atom is -0.382 e. The summed E-state index contributed by atoms with van der Waals surface area (Å²) in [5.41, 5.74) is 7.99. The SMILES string of the molecule is CCN1CCC(C(C)Nc2cccc(C(N)=O)c2C)CC1. The molecular formula is C17H27N3O. The lowest BCUT2D eigenvalue weighted by Crippen LogP contribution is -2.39. The summed E-state index contributed by atoms with van der Waals surface area (Å²) in [6.45, 7) is 9.94. The number of nitrogens with zero attached hydrogens (tertiary/aromatic N) is 1. The van der Waals surface area contributed by atoms with Gasteiger partial charge in [-0.1, -0.05) is 13.0 Å². The van der Waals surface area contributed by atoms with E-state index in [1.54, 1.807) is 6.07 Å². The van der Waals surface area contributed by atoms with Crippen molar-refractivity contribution in [2.45, 2.75) is 39.7 Å². The zero-order chi connectivity index (χ0) is 15.4. The number of hydrogen-bond acceptors (Lipinski definition) is 3. The van der Waals surface area contributed by atoms with Gasteiger partial charge < -0.3 is 16.0 Å². The first-order chi connectivity index (χ1) is 10.0. The molecule has 2 rings (SSSR count). The lowest BCUT2D eigenvalue weighted by atomic mass is 9.90. The number of primary amides is 1. The van der Waals surface area contributed by atoms with Crippen LogP contribution in [0.4, 0.5) is 5.69 Å². The molecule has 4 heteroatoms. The van der Waals surface area contributed by atoms with E-state index in [1.807, 2.05) is 19.1 Å². The van der Waals surface area contributed by atoms with Crippen molar-refractivity contribution < 1.29 is 4.79 Å². The van der Waals surface area contributed by atoms with Crippen LogP contribution in [0.3, 0.4) is 0 Å². The highest BCUT2D eigenvalue weighted by Crippen LogP contribution is 2.25. The van der Waals surface area contributed by atoms with Gasteiger partial charge in [-0.15, -0.1) is 0 Å². The first-order valence-electron chi connectivity index (χ1n) is 7.91. The van der Waals surface area contributed by atoms with E-state index >= 15 is 0 Å². The molecule has 1 fully saturated rings. The number of carbonyl (C=O) groups is 1. The van der Waals surface area contributed by atoms with Crippen molar-refractivity contribution in [3.8, 4) is 0 Å². The molecule has 3 N–H and O–H groups in total. The molecule has 1 saturated heterocycles. The van der Waals surface area contributed by atoms with Crippen LogP contribution in [0.5, 0.6) is 0 Å². The van der Waals surface area contributed by atoms with Gasteiger partial charge in [-0.25, -0.2) is 0 Å². The Bertz CT molecular complexity index is 493. The molecule has 0 bridgehead atoms. The van der Waals surface area contributed by atoms with Gasteiger partial charge in [0.2, 0.25) is 5.91 Å². The van der Waals surface area contributed by atoms with Crippen molar-refractivity contribution in [3.05, 3.63) is 29.3 Å². The number of anilines is 1. The Morgan fingerprint density at radius 3 is 2.67 bits per heavy atom. The third kappa shape index (κ3) is 3.76. The third-order valence-electron chi connectivity index (χ3n) is 4.77. The molecule has 4 nitrogen and oxygen atoms in total. The minimum atomic E-state index is -0.361. The highest BCUT2D eigenvalue weighted by Gasteiger charge is 2.23. The molecule has 0 spiro atoms. The van der Waals surface area contributed by atoms with Crippen LogP contribution in [0.1, 0.15) is 42.6 Å². The molecule has 1 aromatic rings. The number of nitrogens with one attached hydrogen (secondary N) is 1. The van der Waals surface area contributed by atoms with E-state index in [0.717, 1.165) is 17.8 Å². The van der Waals surface area contributed by atoms with E-state index in [9.17, 15) is 4.79 Å². The van der Waals surface area contributed by atoms with Crippen molar-refractivity contribution in [3.63, 3.8) is 0 Å². The van der Waals surface area contributed by atoms with Gasteiger partial charge in [0.05, 0.1) is 0 Å². The van der Waals surface area contributed by atoms with E-state index in [4.69, 9.17) is 5.73 Å². The van der Waals surface area contributed by atoms with Crippen molar-refractivity contribution in [2.75, 3.05) is 25.0 Å². The monoisotopic (exact) mass is 289 g/mol. The van der Waals surface area contributed by atoms with E-state index in [-0.39, 0.29) is 5.91 Å². The molecule has 0 aliphatic carbocycles. The number of piperidine rings is 1. The second kappa shape index (κ2) is 6.94. The predicted octanol–water partition coefficient (Wildman–Crippen LogP) is 2.63. The Hall–Kier alpha value is -1.55. The normalized spacial score (nSPS) is 18.4. The van der Waals surface area contributed by atoms with Crippen LogP contribution in [0.15, 0.2) is 18.2 Å². The molecule has 1 heterocycles. The number of hydrogen-bond donors (Lipinski definition) is 2. The maximum atomic E-state index is 11.4. The number of amides is 1. The fourth-order valence-electron chi connectivity index (χ4n) is 3.19. The van der Waals surface area contributed by atoms with Gasteiger partial charge in [-0.05, 0) is 69.9 Å². The van der Waals surface area contributed by atoms with Crippen LogP contribution in [0.2, 0.25) is 0 Å². The van der Waals surface area contributed by atoms with Gasteiger partial charge in [0, 0.05) is 17.3 Å². The van der Waals surface area contributed by atoms with Gasteiger partial charge in [0.15, 0.2) is 0 Å². The molecule has 116 valence electrons. The standard InChI is InChI=1S/C17H27N3O/c1-4-20-10-8-14(9-11-20)13(3)19-16-7-5-6-15(12(16)2)17(18)21/h5-7,13-14,19H,4,8-11H2,1-3H3,(H2,18,21). The van der Waals surface area contributed by atoms with Crippen LogP contribution in [-0.4, -0.2) is 36.5 Å². The molecule has 1 aromatic carbocycles. The largest absolute Gasteiger partial charge is 0.382 e. The summed E-state index contributed by atoms with van der Waals surface area (Å²) in [4.78, 5) is 13.9. The van der Waals surface area contributed by atoms with E-state index in [1.165, 1.54) is 25.9 Å². The molecule has 1 atom stereocenters. The molecule has 0 saturated carbocycles. The quantitative estimate of drug-likeness (QED) is 0.876. The summed E-state index contributed by atoms with van der Waals surface area (Å²) in [7, 11) is 0. The number of likely N-dealkylation sites (tertiary alicyclic amines) is 1. The maximum Gasteiger partial charge on any atom is 0.249 e. The summed E-state index contributed by atoms with van der Waals surface area (Å²) >= 11 is 0. The molecule has 1 unspecified atom stereocenters. The molecule has 0 radical (unpaired) electrons. The Balaban J connectivity index is 2.02. The highest BCUT2D eigenvalue weighted by molar-refractivity contribution is 5.95. The van der Waals surface area contributed by atoms with E-state index in [0.29, 0.717) is 17.5 Å². The Morgan fingerprint density at radius 1 is 1.43 bits per heavy atom. The molecule has 1 aliphatic heterocycles. The third-order valence-corrected chi connectivity index (χ3v) is 4.77. The topological polar surface area (TPSA) is 58.4 Å². The van der Waals surface area contributed by atoms with Crippen molar-refractivity contribution in [2.24, 2.45) is 11.7 Å². The first-order valence-corrected chi connectivity index (χ1v) is 7.91. The summed E-state index contributed by atoms with van der Waals surface area (Å²) in [5, 5.41) is 3.58. The van der Waals surface area contributed by atoms with Gasteiger partial charge in [-0.3, -0.25) is 4.79 Å². The summed E-state index contributed by atoms with van der Waals surface area (Å²) < 4.78 is 0. The Kier molecular flexibility index (Phi) is 5.23. The van der Waals surface area contributed by atoms with Gasteiger partial charge in [0.25, 0.3) is 0 Å². The Morgan fingerprint density at radius 2 is 2.10 bits per heavy atom. The lowest BCUT2D eigenvalue weighted by Gasteiger charge is -2.35. The average molecular weight is 289 g/mol. The van der Waals surface area contributed by atoms with Crippen LogP contribution >= 0.6 is 0 Å². The zero-order valence-corrected chi connectivity index (χ0v) is 13.4. The Labute approximate surface area is 127 Å². The van der Waals surface area contributed by atoms with Crippen molar-refractivity contribution in [1.82, 2.24) is 4.90 Å². The number of benzene rings is 1. The second-order valence-corrected chi connectivity index (χ2v) is 6.05. The van der Waals surface area contributed by atoms with E-state index < -0.39 is 0 Å². The number of rotatable bonds is 5. The summed E-state index contributed by atoms with van der Waals surface area (Å²) in [6.07, 6.45) is 2.47.